The van der Waals surface area contributed by atoms with Gasteiger partial charge in [-0.25, -0.2) is 4.98 Å². The molecule has 164 valence electrons. The Morgan fingerprint density at radius 3 is 2.27 bits per heavy atom. The molecule has 0 aliphatic heterocycles. The van der Waals surface area contributed by atoms with Crippen LogP contribution in [0.4, 0.5) is 11.4 Å². The zero-order valence-corrected chi connectivity index (χ0v) is 18.0. The van der Waals surface area contributed by atoms with E-state index >= 15 is 0 Å². The summed E-state index contributed by atoms with van der Waals surface area (Å²) >= 11 is 6.10. The van der Waals surface area contributed by atoms with Crippen LogP contribution in [0, 0.1) is 0 Å². The number of nitrogens with zero attached hydrogens (tertiary/aromatic N) is 1. The second kappa shape index (κ2) is 10.3. The van der Waals surface area contributed by atoms with E-state index in [0.717, 1.165) is 0 Å². The Bertz CT molecular complexity index is 1270. The number of hydrogen-bond acceptors (Lipinski definition) is 5. The quantitative estimate of drug-likeness (QED) is 0.316. The SMILES string of the molecule is O=C(NNc1ccccc1)c1cc(Cl)ccc1NC(=O)c1cccnc1Oc1ccccc1. The second-order valence-corrected chi connectivity index (χ2v) is 7.30. The summed E-state index contributed by atoms with van der Waals surface area (Å²) in [6, 6.07) is 26.0. The maximum absolute atomic E-state index is 13.1. The number of hydrazine groups is 1. The minimum absolute atomic E-state index is 0.145. The molecule has 1 heterocycles. The Hall–Kier alpha value is -4.36. The molecule has 0 unspecified atom stereocenters. The van der Waals surface area contributed by atoms with Crippen molar-refractivity contribution < 1.29 is 14.3 Å². The molecule has 7 nitrogen and oxygen atoms in total. The first-order valence-electron chi connectivity index (χ1n) is 10.0. The van der Waals surface area contributed by atoms with Crippen molar-refractivity contribution in [2.45, 2.75) is 0 Å². The Balaban J connectivity index is 1.54. The lowest BCUT2D eigenvalue weighted by atomic mass is 10.1. The maximum Gasteiger partial charge on any atom is 0.271 e. The summed E-state index contributed by atoms with van der Waals surface area (Å²) in [5, 5.41) is 3.11. The second-order valence-electron chi connectivity index (χ2n) is 6.86. The maximum atomic E-state index is 13.1. The Labute approximate surface area is 195 Å². The molecule has 1 aromatic heterocycles. The minimum atomic E-state index is -0.485. The molecule has 0 aliphatic rings. The summed E-state index contributed by atoms with van der Waals surface area (Å²) in [5.41, 5.74) is 6.82. The number of para-hydroxylation sites is 2. The van der Waals surface area contributed by atoms with Gasteiger partial charge in [0, 0.05) is 11.2 Å². The Kier molecular flexibility index (Phi) is 6.82. The van der Waals surface area contributed by atoms with Crippen molar-refractivity contribution in [2.24, 2.45) is 0 Å². The first kappa shape index (κ1) is 21.9. The predicted octanol–water partition coefficient (Wildman–Crippen LogP) is 5.54. The van der Waals surface area contributed by atoms with E-state index in [1.165, 1.54) is 12.3 Å². The van der Waals surface area contributed by atoms with Gasteiger partial charge in [-0.15, -0.1) is 0 Å². The molecule has 4 aromatic rings. The van der Waals surface area contributed by atoms with E-state index in [9.17, 15) is 9.59 Å². The van der Waals surface area contributed by atoms with Gasteiger partial charge in [-0.1, -0.05) is 48.0 Å². The monoisotopic (exact) mass is 458 g/mol. The molecule has 3 aromatic carbocycles. The highest BCUT2D eigenvalue weighted by Gasteiger charge is 2.19. The number of rotatable bonds is 7. The molecular formula is C25H19ClN4O3. The van der Waals surface area contributed by atoms with Gasteiger partial charge in [0.05, 0.1) is 16.9 Å². The van der Waals surface area contributed by atoms with Crippen molar-refractivity contribution in [1.82, 2.24) is 10.4 Å². The summed E-state index contributed by atoms with van der Waals surface area (Å²) in [7, 11) is 0. The van der Waals surface area contributed by atoms with Crippen molar-refractivity contribution in [2.75, 3.05) is 10.7 Å². The van der Waals surface area contributed by atoms with Crippen LogP contribution in [0.15, 0.2) is 97.2 Å². The van der Waals surface area contributed by atoms with Crippen molar-refractivity contribution in [3.63, 3.8) is 0 Å². The highest BCUT2D eigenvalue weighted by atomic mass is 35.5. The van der Waals surface area contributed by atoms with Gasteiger partial charge >= 0.3 is 0 Å². The van der Waals surface area contributed by atoms with Crippen molar-refractivity contribution in [3.05, 3.63) is 113 Å². The van der Waals surface area contributed by atoms with Crippen molar-refractivity contribution in [3.8, 4) is 11.6 Å². The molecule has 0 saturated heterocycles. The Morgan fingerprint density at radius 2 is 1.52 bits per heavy atom. The smallest absolute Gasteiger partial charge is 0.271 e. The number of carbonyl (C=O) groups is 2. The van der Waals surface area contributed by atoms with Crippen LogP contribution in [0.2, 0.25) is 5.02 Å². The lowest BCUT2D eigenvalue weighted by Crippen LogP contribution is -2.30. The molecule has 2 amide bonds. The highest BCUT2D eigenvalue weighted by Crippen LogP contribution is 2.25. The van der Waals surface area contributed by atoms with E-state index in [0.29, 0.717) is 16.5 Å². The van der Waals surface area contributed by atoms with E-state index in [1.54, 1.807) is 48.5 Å². The van der Waals surface area contributed by atoms with Crippen molar-refractivity contribution >= 4 is 34.8 Å². The average Bonchev–Trinajstić information content (AvgIpc) is 2.85. The lowest BCUT2D eigenvalue weighted by molar-refractivity contribution is 0.0963. The fourth-order valence-electron chi connectivity index (χ4n) is 2.97. The fraction of sp³-hybridized carbons (Fsp3) is 0. The number of amides is 2. The van der Waals surface area contributed by atoms with E-state index in [-0.39, 0.29) is 22.7 Å². The largest absolute Gasteiger partial charge is 0.438 e. The summed E-state index contributed by atoms with van der Waals surface area (Å²) in [4.78, 5) is 30.0. The van der Waals surface area contributed by atoms with E-state index in [4.69, 9.17) is 16.3 Å². The van der Waals surface area contributed by atoms with Gasteiger partial charge < -0.3 is 10.1 Å². The zero-order chi connectivity index (χ0) is 23.0. The van der Waals surface area contributed by atoms with E-state index in [2.05, 4.69) is 21.2 Å². The first-order chi connectivity index (χ1) is 16.1. The van der Waals surface area contributed by atoms with Crippen LogP contribution in [-0.4, -0.2) is 16.8 Å². The van der Waals surface area contributed by atoms with Crippen molar-refractivity contribution in [1.29, 1.82) is 0 Å². The molecule has 33 heavy (non-hydrogen) atoms. The number of ether oxygens (including phenoxy) is 1. The molecule has 0 saturated carbocycles. The predicted molar refractivity (Wildman–Crippen MR) is 128 cm³/mol. The number of carbonyl (C=O) groups excluding carboxylic acids is 2. The van der Waals surface area contributed by atoms with E-state index < -0.39 is 11.8 Å². The molecule has 8 heteroatoms. The van der Waals surface area contributed by atoms with Gasteiger partial charge in [-0.3, -0.25) is 20.4 Å². The number of hydrogen-bond donors (Lipinski definition) is 3. The first-order valence-corrected chi connectivity index (χ1v) is 10.4. The molecule has 0 aliphatic carbocycles. The molecular weight excluding hydrogens is 440 g/mol. The highest BCUT2D eigenvalue weighted by molar-refractivity contribution is 6.31. The third-order valence-electron chi connectivity index (χ3n) is 4.54. The van der Waals surface area contributed by atoms with Crippen LogP contribution >= 0.6 is 11.6 Å². The molecule has 0 fully saturated rings. The standard InChI is InChI=1S/C25H19ClN4O3/c26-17-13-14-22(21(16-17)24(32)30-29-18-8-3-1-4-9-18)28-23(31)20-12-7-15-27-25(20)33-19-10-5-2-6-11-19/h1-16,29H,(H,28,31)(H,30,32). The number of benzene rings is 3. The third kappa shape index (κ3) is 5.66. The Morgan fingerprint density at radius 1 is 0.788 bits per heavy atom. The number of anilines is 2. The zero-order valence-electron chi connectivity index (χ0n) is 17.3. The number of nitrogens with one attached hydrogen (secondary N) is 3. The van der Waals surface area contributed by atoms with E-state index in [1.807, 2.05) is 36.4 Å². The van der Waals surface area contributed by atoms with Gasteiger partial charge in [0.2, 0.25) is 5.88 Å². The van der Waals surface area contributed by atoms with Crippen LogP contribution in [0.25, 0.3) is 0 Å². The summed E-state index contributed by atoms with van der Waals surface area (Å²) in [6.45, 7) is 0. The summed E-state index contributed by atoms with van der Waals surface area (Å²) in [6.07, 6.45) is 1.53. The van der Waals surface area contributed by atoms with Gasteiger partial charge in [-0.05, 0) is 54.6 Å². The van der Waals surface area contributed by atoms with Gasteiger partial charge in [0.25, 0.3) is 11.8 Å². The molecule has 3 N–H and O–H groups in total. The molecule has 4 rings (SSSR count). The topological polar surface area (TPSA) is 92.4 Å². The molecule has 0 radical (unpaired) electrons. The summed E-state index contributed by atoms with van der Waals surface area (Å²) < 4.78 is 5.77. The normalized spacial score (nSPS) is 10.2. The lowest BCUT2D eigenvalue weighted by Gasteiger charge is -2.14. The van der Waals surface area contributed by atoms with Gasteiger partial charge in [0.15, 0.2) is 0 Å². The van der Waals surface area contributed by atoms with Crippen LogP contribution in [0.3, 0.4) is 0 Å². The molecule has 0 spiro atoms. The van der Waals surface area contributed by atoms with Crippen LogP contribution in [-0.2, 0) is 0 Å². The number of aromatic nitrogens is 1. The van der Waals surface area contributed by atoms with Crippen LogP contribution in [0.1, 0.15) is 20.7 Å². The fourth-order valence-corrected chi connectivity index (χ4v) is 3.14. The van der Waals surface area contributed by atoms with Gasteiger partial charge in [-0.2, -0.15) is 0 Å². The third-order valence-corrected chi connectivity index (χ3v) is 4.78. The minimum Gasteiger partial charge on any atom is -0.438 e. The molecule has 0 bridgehead atoms. The molecule has 0 atom stereocenters. The van der Waals surface area contributed by atoms with Gasteiger partial charge in [0.1, 0.15) is 11.3 Å². The summed E-state index contributed by atoms with van der Waals surface area (Å²) in [5.74, 6) is -0.263. The van der Waals surface area contributed by atoms with Crippen LogP contribution < -0.4 is 20.9 Å². The number of halogens is 1. The van der Waals surface area contributed by atoms with Crippen LogP contribution in [0.5, 0.6) is 11.6 Å². The average molecular weight is 459 g/mol. The number of pyridine rings is 1.